The van der Waals surface area contributed by atoms with Gasteiger partial charge in [0.1, 0.15) is 11.2 Å². The third-order valence-electron chi connectivity index (χ3n) is 5.90. The van der Waals surface area contributed by atoms with E-state index in [-0.39, 0.29) is 36.1 Å². The van der Waals surface area contributed by atoms with Gasteiger partial charge in [0.2, 0.25) is 5.91 Å². The minimum atomic E-state index is -4.67. The van der Waals surface area contributed by atoms with Gasteiger partial charge in [-0.25, -0.2) is 0 Å². The molecule has 1 fully saturated rings. The zero-order valence-electron chi connectivity index (χ0n) is 17.7. The van der Waals surface area contributed by atoms with Crippen LogP contribution in [-0.4, -0.2) is 45.0 Å². The zero-order chi connectivity index (χ0) is 24.8. The Labute approximate surface area is 190 Å². The Morgan fingerprint density at radius 3 is 2.38 bits per heavy atom. The van der Waals surface area contributed by atoms with Crippen molar-refractivity contribution in [2.45, 2.75) is 38.0 Å². The summed E-state index contributed by atoms with van der Waals surface area (Å²) in [4.78, 5) is 66.2. The summed E-state index contributed by atoms with van der Waals surface area (Å²) >= 11 is 0. The molecule has 2 aliphatic heterocycles. The number of amides is 5. The van der Waals surface area contributed by atoms with E-state index in [0.717, 1.165) is 6.07 Å². The van der Waals surface area contributed by atoms with Crippen molar-refractivity contribution in [2.24, 2.45) is 0 Å². The number of aromatic nitrogens is 1. The normalized spacial score (nSPS) is 20.1. The number of hydrogen-bond acceptors (Lipinski definition) is 6. The third-order valence-corrected chi connectivity index (χ3v) is 5.90. The van der Waals surface area contributed by atoms with Crippen LogP contribution < -0.4 is 10.6 Å². The van der Waals surface area contributed by atoms with Gasteiger partial charge in [0.15, 0.2) is 0 Å². The van der Waals surface area contributed by atoms with Crippen LogP contribution in [0.4, 0.5) is 13.2 Å². The van der Waals surface area contributed by atoms with Crippen molar-refractivity contribution in [3.05, 3.63) is 64.5 Å². The van der Waals surface area contributed by atoms with Crippen molar-refractivity contribution in [1.29, 1.82) is 0 Å². The fraction of sp³-hybridized carbons (Fsp3) is 0.273. The Kier molecular flexibility index (Phi) is 5.46. The quantitative estimate of drug-likeness (QED) is 0.654. The average molecular weight is 474 g/mol. The lowest BCUT2D eigenvalue weighted by atomic mass is 9.89. The van der Waals surface area contributed by atoms with Crippen LogP contribution in [0.2, 0.25) is 0 Å². The standard InChI is InChI=1S/C22H17F3N4O5/c1-21(7-6-16(30)27-20(21)34)29-10-13-3-2-11(8-14(13)19(29)33)17(31)28-18(32)12-4-5-15(26-9-12)22(23,24)25/h2-5,8-9H,6-7,10H2,1H3,(H,27,30,34)(H,28,31,32). The topological polar surface area (TPSA) is 126 Å². The Hall–Kier alpha value is -4.09. The van der Waals surface area contributed by atoms with E-state index in [9.17, 15) is 37.1 Å². The van der Waals surface area contributed by atoms with Crippen LogP contribution in [0, 0.1) is 0 Å². The first-order valence-electron chi connectivity index (χ1n) is 10.1. The van der Waals surface area contributed by atoms with Crippen LogP contribution in [0.5, 0.6) is 0 Å². The maximum absolute atomic E-state index is 13.0. The summed E-state index contributed by atoms with van der Waals surface area (Å²) in [6, 6.07) is 5.69. The molecule has 12 heteroatoms. The summed E-state index contributed by atoms with van der Waals surface area (Å²) in [7, 11) is 0. The van der Waals surface area contributed by atoms with E-state index in [4.69, 9.17) is 0 Å². The molecule has 2 aliphatic rings. The van der Waals surface area contributed by atoms with Crippen LogP contribution >= 0.6 is 0 Å². The van der Waals surface area contributed by atoms with Gasteiger partial charge in [0.05, 0.1) is 5.56 Å². The molecule has 9 nitrogen and oxygen atoms in total. The lowest BCUT2D eigenvalue weighted by molar-refractivity contribution is -0.142. The highest BCUT2D eigenvalue weighted by molar-refractivity contribution is 6.12. The number of piperidine rings is 1. The first-order chi connectivity index (χ1) is 15.9. The average Bonchev–Trinajstić information content (AvgIpc) is 3.12. The molecule has 0 aliphatic carbocycles. The highest BCUT2D eigenvalue weighted by atomic mass is 19.4. The molecule has 0 radical (unpaired) electrons. The number of nitrogens with zero attached hydrogens (tertiary/aromatic N) is 2. The van der Waals surface area contributed by atoms with Gasteiger partial charge >= 0.3 is 6.18 Å². The SMILES string of the molecule is CC1(N2Cc3ccc(C(=O)NC(=O)c4ccc(C(F)(F)F)nc4)cc3C2=O)CCC(=O)NC1=O. The van der Waals surface area contributed by atoms with E-state index in [1.165, 1.54) is 23.1 Å². The first kappa shape index (κ1) is 23.1. The van der Waals surface area contributed by atoms with Gasteiger partial charge in [-0.15, -0.1) is 0 Å². The van der Waals surface area contributed by atoms with Crippen LogP contribution in [0.3, 0.4) is 0 Å². The second kappa shape index (κ2) is 8.04. The Morgan fingerprint density at radius 1 is 1.09 bits per heavy atom. The van der Waals surface area contributed by atoms with Crippen LogP contribution in [0.15, 0.2) is 36.5 Å². The first-order valence-corrected chi connectivity index (χ1v) is 10.1. The number of benzene rings is 1. The summed E-state index contributed by atoms with van der Waals surface area (Å²) < 4.78 is 37.8. The summed E-state index contributed by atoms with van der Waals surface area (Å²) in [6.45, 7) is 1.66. The second-order valence-electron chi connectivity index (χ2n) is 8.13. The Balaban J connectivity index is 1.49. The largest absolute Gasteiger partial charge is 0.433 e. The maximum Gasteiger partial charge on any atom is 0.433 e. The number of rotatable bonds is 3. The van der Waals surface area contributed by atoms with Crippen molar-refractivity contribution < 1.29 is 37.1 Å². The van der Waals surface area contributed by atoms with Gasteiger partial charge in [0.25, 0.3) is 23.6 Å². The summed E-state index contributed by atoms with van der Waals surface area (Å²) in [5.74, 6) is -3.34. The molecule has 2 aromatic rings. The van der Waals surface area contributed by atoms with E-state index >= 15 is 0 Å². The van der Waals surface area contributed by atoms with E-state index < -0.39 is 46.9 Å². The molecule has 0 bridgehead atoms. The molecule has 1 aromatic carbocycles. The molecule has 1 aromatic heterocycles. The number of hydrogen-bond donors (Lipinski definition) is 2. The van der Waals surface area contributed by atoms with Gasteiger partial charge in [-0.05, 0) is 43.2 Å². The molecule has 3 heterocycles. The van der Waals surface area contributed by atoms with E-state index in [1.54, 1.807) is 6.92 Å². The summed E-state index contributed by atoms with van der Waals surface area (Å²) in [5.41, 5.74) is -1.97. The number of alkyl halides is 3. The molecule has 5 amide bonds. The molecule has 0 saturated carbocycles. The van der Waals surface area contributed by atoms with Crippen LogP contribution in [-0.2, 0) is 22.3 Å². The molecule has 176 valence electrons. The Bertz CT molecular complexity index is 1240. The highest BCUT2D eigenvalue weighted by Gasteiger charge is 2.48. The van der Waals surface area contributed by atoms with Crippen LogP contribution in [0.25, 0.3) is 0 Å². The van der Waals surface area contributed by atoms with Crippen molar-refractivity contribution in [1.82, 2.24) is 20.5 Å². The van der Waals surface area contributed by atoms with Gasteiger partial charge in [-0.1, -0.05) is 6.07 Å². The van der Waals surface area contributed by atoms with Crippen LogP contribution in [0.1, 0.15) is 62.1 Å². The second-order valence-corrected chi connectivity index (χ2v) is 8.13. The lowest BCUT2D eigenvalue weighted by Gasteiger charge is -2.39. The summed E-state index contributed by atoms with van der Waals surface area (Å²) in [6.07, 6.45) is -3.73. The Morgan fingerprint density at radius 2 is 1.76 bits per heavy atom. The predicted molar refractivity (Wildman–Crippen MR) is 108 cm³/mol. The smallest absolute Gasteiger partial charge is 0.320 e. The number of fused-ring (bicyclic) bond motifs is 1. The molecule has 4 rings (SSSR count). The van der Waals surface area contributed by atoms with E-state index in [2.05, 4.69) is 10.3 Å². The monoisotopic (exact) mass is 474 g/mol. The fourth-order valence-corrected chi connectivity index (χ4v) is 3.84. The van der Waals surface area contributed by atoms with Crippen molar-refractivity contribution in [3.8, 4) is 0 Å². The van der Waals surface area contributed by atoms with Crippen molar-refractivity contribution in [2.75, 3.05) is 0 Å². The molecule has 0 spiro atoms. The van der Waals surface area contributed by atoms with Gasteiger partial charge < -0.3 is 4.90 Å². The van der Waals surface area contributed by atoms with Crippen molar-refractivity contribution in [3.63, 3.8) is 0 Å². The summed E-state index contributed by atoms with van der Waals surface area (Å²) in [5, 5.41) is 4.28. The fourth-order valence-electron chi connectivity index (χ4n) is 3.84. The molecule has 2 N–H and O–H groups in total. The minimum absolute atomic E-state index is 0.0319. The molecule has 34 heavy (non-hydrogen) atoms. The zero-order valence-corrected chi connectivity index (χ0v) is 17.7. The third kappa shape index (κ3) is 4.02. The number of carbonyl (C=O) groups excluding carboxylic acids is 5. The number of carbonyl (C=O) groups is 5. The van der Waals surface area contributed by atoms with E-state index in [1.807, 2.05) is 5.32 Å². The molecule has 1 unspecified atom stereocenters. The molecular weight excluding hydrogens is 457 g/mol. The van der Waals surface area contributed by atoms with Gasteiger partial charge in [-0.3, -0.25) is 39.6 Å². The highest BCUT2D eigenvalue weighted by Crippen LogP contribution is 2.34. The minimum Gasteiger partial charge on any atom is -0.320 e. The molecule has 1 atom stereocenters. The van der Waals surface area contributed by atoms with Gasteiger partial charge in [-0.2, -0.15) is 13.2 Å². The maximum atomic E-state index is 13.0. The van der Waals surface area contributed by atoms with Crippen molar-refractivity contribution >= 4 is 29.5 Å². The lowest BCUT2D eigenvalue weighted by Crippen LogP contribution is -2.61. The molecule has 1 saturated heterocycles. The number of pyridine rings is 1. The number of halogens is 3. The number of imide groups is 2. The number of nitrogens with one attached hydrogen (secondary N) is 2. The predicted octanol–water partition coefficient (Wildman–Crippen LogP) is 1.82. The van der Waals surface area contributed by atoms with Gasteiger partial charge in [0, 0.05) is 30.3 Å². The molecular formula is C22H17F3N4O5. The van der Waals surface area contributed by atoms with E-state index in [0.29, 0.717) is 17.8 Å².